The zero-order valence-corrected chi connectivity index (χ0v) is 19.7. The molecule has 0 aliphatic carbocycles. The van der Waals surface area contributed by atoms with Gasteiger partial charge in [0.25, 0.3) is 0 Å². The summed E-state index contributed by atoms with van der Waals surface area (Å²) in [6.07, 6.45) is 1.06. The second-order valence-corrected chi connectivity index (χ2v) is 9.07. The number of benzene rings is 2. The Labute approximate surface area is 195 Å². The van der Waals surface area contributed by atoms with E-state index in [-0.39, 0.29) is 17.9 Å². The van der Waals surface area contributed by atoms with Crippen LogP contribution in [0.5, 0.6) is 11.5 Å². The van der Waals surface area contributed by atoms with Crippen molar-refractivity contribution in [3.63, 3.8) is 0 Å². The summed E-state index contributed by atoms with van der Waals surface area (Å²) in [5.41, 5.74) is 0.633. The Kier molecular flexibility index (Phi) is 9.09. The molecular weight excluding hydrogens is 425 g/mol. The van der Waals surface area contributed by atoms with Gasteiger partial charge >= 0.3 is 5.97 Å². The van der Waals surface area contributed by atoms with E-state index < -0.39 is 5.60 Å². The van der Waals surface area contributed by atoms with Crippen molar-refractivity contribution >= 4 is 5.97 Å². The van der Waals surface area contributed by atoms with Crippen LogP contribution in [-0.2, 0) is 14.3 Å². The van der Waals surface area contributed by atoms with Gasteiger partial charge in [0.05, 0.1) is 32.3 Å². The van der Waals surface area contributed by atoms with Crippen LogP contribution in [0.3, 0.4) is 0 Å². The van der Waals surface area contributed by atoms with E-state index in [4.69, 9.17) is 18.9 Å². The van der Waals surface area contributed by atoms with Crippen molar-refractivity contribution in [3.05, 3.63) is 59.9 Å². The normalized spacial score (nSPS) is 16.9. The Balaban J connectivity index is 1.37. The van der Waals surface area contributed by atoms with E-state index >= 15 is 0 Å². The quantitative estimate of drug-likeness (QED) is 0.377. The Morgan fingerprint density at radius 3 is 2.24 bits per heavy atom. The van der Waals surface area contributed by atoms with Crippen molar-refractivity contribution < 1.29 is 28.1 Å². The molecule has 1 aliphatic rings. The summed E-state index contributed by atoms with van der Waals surface area (Å²) >= 11 is 0. The average Bonchev–Trinajstić information content (AvgIpc) is 2.78. The SMILES string of the molecule is CC(C)(C)OC(=O)CCN1CCOC(c2ccc(OCCCOc3ccc(F)cc3)cc2)C1. The molecule has 6 nitrogen and oxygen atoms in total. The van der Waals surface area contributed by atoms with E-state index in [2.05, 4.69) is 4.90 Å². The molecule has 1 unspecified atom stereocenters. The van der Waals surface area contributed by atoms with Gasteiger partial charge in [-0.3, -0.25) is 9.69 Å². The molecule has 2 aromatic rings. The topological polar surface area (TPSA) is 57.2 Å². The maximum absolute atomic E-state index is 12.9. The smallest absolute Gasteiger partial charge is 0.307 e. The lowest BCUT2D eigenvalue weighted by Gasteiger charge is -2.33. The highest BCUT2D eigenvalue weighted by molar-refractivity contribution is 5.70. The van der Waals surface area contributed by atoms with E-state index in [1.165, 1.54) is 12.1 Å². The monoisotopic (exact) mass is 459 g/mol. The molecule has 1 saturated heterocycles. The van der Waals surface area contributed by atoms with Gasteiger partial charge in [0.15, 0.2) is 0 Å². The fourth-order valence-electron chi connectivity index (χ4n) is 3.50. The van der Waals surface area contributed by atoms with E-state index in [1.54, 1.807) is 12.1 Å². The first kappa shape index (κ1) is 25.0. The highest BCUT2D eigenvalue weighted by atomic mass is 19.1. The van der Waals surface area contributed by atoms with Gasteiger partial charge in [0.1, 0.15) is 22.9 Å². The minimum Gasteiger partial charge on any atom is -0.493 e. The summed E-state index contributed by atoms with van der Waals surface area (Å²) in [7, 11) is 0. The second-order valence-electron chi connectivity index (χ2n) is 9.07. The molecule has 1 fully saturated rings. The molecular formula is C26H34FNO5. The van der Waals surface area contributed by atoms with Crippen LogP contribution in [0.2, 0.25) is 0 Å². The predicted octanol–water partition coefficient (Wildman–Crippen LogP) is 4.78. The summed E-state index contributed by atoms with van der Waals surface area (Å²) in [6.45, 7) is 9.50. The molecule has 0 spiro atoms. The summed E-state index contributed by atoms with van der Waals surface area (Å²) < 4.78 is 35.6. The lowest BCUT2D eigenvalue weighted by Crippen LogP contribution is -2.39. The van der Waals surface area contributed by atoms with Gasteiger partial charge in [-0.05, 0) is 62.7 Å². The Morgan fingerprint density at radius 1 is 1.03 bits per heavy atom. The number of halogens is 1. The van der Waals surface area contributed by atoms with E-state index in [9.17, 15) is 9.18 Å². The Morgan fingerprint density at radius 2 is 1.64 bits per heavy atom. The molecule has 0 aromatic heterocycles. The standard InChI is InChI=1S/C26H34FNO5/c1-26(2,3)33-25(29)13-14-28-15-18-32-24(19-28)20-5-9-22(10-6-20)30-16-4-17-31-23-11-7-21(27)8-12-23/h5-12,24H,4,13-19H2,1-3H3. The number of ether oxygens (including phenoxy) is 4. The second kappa shape index (κ2) is 12.0. The molecule has 3 rings (SSSR count). The molecule has 180 valence electrons. The number of morpholine rings is 1. The van der Waals surface area contributed by atoms with Crippen LogP contribution < -0.4 is 9.47 Å². The third-order valence-corrected chi connectivity index (χ3v) is 5.09. The maximum atomic E-state index is 12.9. The highest BCUT2D eigenvalue weighted by Gasteiger charge is 2.23. The Hall–Kier alpha value is -2.64. The van der Waals surface area contributed by atoms with Gasteiger partial charge in [0, 0.05) is 26.1 Å². The molecule has 0 saturated carbocycles. The molecule has 1 aliphatic heterocycles. The number of hydrogen-bond donors (Lipinski definition) is 0. The minimum absolute atomic E-state index is 0.0319. The lowest BCUT2D eigenvalue weighted by molar-refractivity contribution is -0.155. The van der Waals surface area contributed by atoms with Crippen molar-refractivity contribution in [2.24, 2.45) is 0 Å². The minimum atomic E-state index is -0.454. The van der Waals surface area contributed by atoms with Gasteiger partial charge in [-0.2, -0.15) is 0 Å². The lowest BCUT2D eigenvalue weighted by atomic mass is 10.1. The van der Waals surface area contributed by atoms with Crippen LogP contribution in [0, 0.1) is 5.82 Å². The van der Waals surface area contributed by atoms with Crippen molar-refractivity contribution in [3.8, 4) is 11.5 Å². The van der Waals surface area contributed by atoms with Gasteiger partial charge in [-0.25, -0.2) is 4.39 Å². The first-order chi connectivity index (χ1) is 15.8. The molecule has 0 amide bonds. The molecule has 2 aromatic carbocycles. The fraction of sp³-hybridized carbons (Fsp3) is 0.500. The number of esters is 1. The number of hydrogen-bond acceptors (Lipinski definition) is 6. The van der Waals surface area contributed by atoms with Crippen molar-refractivity contribution in [1.29, 1.82) is 0 Å². The van der Waals surface area contributed by atoms with Crippen LogP contribution in [0.15, 0.2) is 48.5 Å². The van der Waals surface area contributed by atoms with E-state index in [0.717, 1.165) is 30.8 Å². The zero-order chi connectivity index (χ0) is 23.7. The number of carbonyl (C=O) groups is 1. The van der Waals surface area contributed by atoms with Crippen LogP contribution in [0.25, 0.3) is 0 Å². The fourth-order valence-corrected chi connectivity index (χ4v) is 3.50. The van der Waals surface area contributed by atoms with Crippen molar-refractivity contribution in [1.82, 2.24) is 4.90 Å². The van der Waals surface area contributed by atoms with Gasteiger partial charge in [-0.15, -0.1) is 0 Å². The zero-order valence-electron chi connectivity index (χ0n) is 19.7. The highest BCUT2D eigenvalue weighted by Crippen LogP contribution is 2.25. The molecule has 1 heterocycles. The largest absolute Gasteiger partial charge is 0.493 e. The Bertz CT molecular complexity index is 864. The molecule has 1 atom stereocenters. The number of nitrogens with zero attached hydrogens (tertiary/aromatic N) is 1. The van der Waals surface area contributed by atoms with Gasteiger partial charge in [-0.1, -0.05) is 12.1 Å². The molecule has 0 radical (unpaired) electrons. The molecule has 0 N–H and O–H groups in total. The first-order valence-electron chi connectivity index (χ1n) is 11.5. The van der Waals surface area contributed by atoms with E-state index in [1.807, 2.05) is 45.0 Å². The first-order valence-corrected chi connectivity index (χ1v) is 11.5. The van der Waals surface area contributed by atoms with E-state index in [0.29, 0.717) is 38.5 Å². The van der Waals surface area contributed by atoms with Crippen LogP contribution in [0.4, 0.5) is 4.39 Å². The van der Waals surface area contributed by atoms with Crippen molar-refractivity contribution in [2.45, 2.75) is 45.3 Å². The third kappa shape index (κ3) is 9.02. The number of rotatable bonds is 10. The van der Waals surface area contributed by atoms with Gasteiger partial charge < -0.3 is 18.9 Å². The molecule has 33 heavy (non-hydrogen) atoms. The third-order valence-electron chi connectivity index (χ3n) is 5.09. The molecule has 0 bridgehead atoms. The number of carbonyl (C=O) groups excluding carboxylic acids is 1. The molecule has 7 heteroatoms. The summed E-state index contributed by atoms with van der Waals surface area (Å²) in [6, 6.07) is 13.9. The van der Waals surface area contributed by atoms with Crippen molar-refractivity contribution in [2.75, 3.05) is 39.5 Å². The van der Waals surface area contributed by atoms with Crippen LogP contribution in [-0.4, -0.2) is 55.9 Å². The average molecular weight is 460 g/mol. The van der Waals surface area contributed by atoms with Crippen LogP contribution in [0.1, 0.15) is 45.3 Å². The summed E-state index contributed by atoms with van der Waals surface area (Å²) in [5, 5.41) is 0. The van der Waals surface area contributed by atoms with Gasteiger partial charge in [0.2, 0.25) is 0 Å². The summed E-state index contributed by atoms with van der Waals surface area (Å²) in [4.78, 5) is 14.2. The van der Waals surface area contributed by atoms with Crippen LogP contribution >= 0.6 is 0 Å². The predicted molar refractivity (Wildman–Crippen MR) is 124 cm³/mol. The summed E-state index contributed by atoms with van der Waals surface area (Å²) in [5.74, 6) is 0.989. The maximum Gasteiger partial charge on any atom is 0.307 e.